The van der Waals surface area contributed by atoms with Gasteiger partial charge in [0.05, 0.1) is 6.61 Å². The van der Waals surface area contributed by atoms with Gasteiger partial charge in [-0.05, 0) is 49.1 Å². The molecule has 0 unspecified atom stereocenters. The third-order valence-electron chi connectivity index (χ3n) is 4.46. The first-order valence-corrected chi connectivity index (χ1v) is 7.21. The zero-order chi connectivity index (χ0) is 12.4. The summed E-state index contributed by atoms with van der Waals surface area (Å²) in [5, 5.41) is 3.40. The lowest BCUT2D eigenvalue weighted by molar-refractivity contribution is 0.168. The molecule has 0 atom stereocenters. The first kappa shape index (κ1) is 12.0. The van der Waals surface area contributed by atoms with Gasteiger partial charge in [0.25, 0.3) is 0 Å². The molecule has 0 bridgehead atoms. The van der Waals surface area contributed by atoms with Crippen LogP contribution in [0.15, 0.2) is 18.2 Å². The number of hydrogen-bond acceptors (Lipinski definition) is 2. The third-order valence-corrected chi connectivity index (χ3v) is 4.46. The van der Waals surface area contributed by atoms with Gasteiger partial charge in [-0.1, -0.05) is 25.8 Å². The highest BCUT2D eigenvalue weighted by molar-refractivity contribution is 5.37. The second kappa shape index (κ2) is 4.93. The molecule has 1 heterocycles. The molecular weight excluding hydrogens is 222 g/mol. The molecule has 3 rings (SSSR count). The molecule has 2 heteroatoms. The number of rotatable bonds is 3. The quantitative estimate of drug-likeness (QED) is 0.882. The van der Waals surface area contributed by atoms with Crippen LogP contribution in [-0.4, -0.2) is 13.2 Å². The summed E-state index contributed by atoms with van der Waals surface area (Å²) in [6.07, 6.45) is 6.51. The highest BCUT2D eigenvalue weighted by atomic mass is 16.5. The van der Waals surface area contributed by atoms with Crippen LogP contribution in [0.3, 0.4) is 0 Å². The van der Waals surface area contributed by atoms with Crippen molar-refractivity contribution in [2.75, 3.05) is 13.2 Å². The Balaban J connectivity index is 1.66. The normalized spacial score (nSPS) is 21.6. The number of hydrogen-bond donors (Lipinski definition) is 1. The van der Waals surface area contributed by atoms with Crippen molar-refractivity contribution in [3.05, 3.63) is 29.3 Å². The van der Waals surface area contributed by atoms with E-state index in [-0.39, 0.29) is 0 Å². The van der Waals surface area contributed by atoms with Gasteiger partial charge in [0.1, 0.15) is 5.75 Å². The third kappa shape index (κ3) is 2.54. The average molecular weight is 245 g/mol. The van der Waals surface area contributed by atoms with Crippen LogP contribution in [0.25, 0.3) is 0 Å². The molecule has 0 saturated heterocycles. The molecule has 18 heavy (non-hydrogen) atoms. The highest BCUT2D eigenvalue weighted by Gasteiger charge is 2.29. The molecule has 1 aliphatic carbocycles. The van der Waals surface area contributed by atoms with Gasteiger partial charge in [-0.15, -0.1) is 0 Å². The van der Waals surface area contributed by atoms with Crippen LogP contribution in [0.4, 0.5) is 0 Å². The molecule has 0 aromatic heterocycles. The summed E-state index contributed by atoms with van der Waals surface area (Å²) in [5.41, 5.74) is 3.31. The molecule has 98 valence electrons. The summed E-state index contributed by atoms with van der Waals surface area (Å²) in [6, 6.07) is 6.59. The second-order valence-electron chi connectivity index (χ2n) is 6.16. The van der Waals surface area contributed by atoms with E-state index in [2.05, 4.69) is 30.4 Å². The topological polar surface area (TPSA) is 21.3 Å². The zero-order valence-corrected chi connectivity index (χ0v) is 11.3. The van der Waals surface area contributed by atoms with Crippen LogP contribution in [-0.2, 0) is 13.0 Å². The summed E-state index contributed by atoms with van der Waals surface area (Å²) in [7, 11) is 0. The fraction of sp³-hybridized carbons (Fsp3) is 0.625. The van der Waals surface area contributed by atoms with Gasteiger partial charge in [-0.3, -0.25) is 0 Å². The lowest BCUT2D eigenvalue weighted by atomic mass is 9.90. The molecule has 1 N–H and O–H groups in total. The minimum absolute atomic E-state index is 0.414. The van der Waals surface area contributed by atoms with Crippen molar-refractivity contribution in [1.82, 2.24) is 5.32 Å². The standard InChI is InChI=1S/C16H23NO/c1-16(7-2-3-8-16)12-18-15-5-4-14-11-17-9-6-13(14)10-15/h4-5,10,17H,2-3,6-9,11-12H2,1H3. The van der Waals surface area contributed by atoms with Crippen molar-refractivity contribution in [3.63, 3.8) is 0 Å². The van der Waals surface area contributed by atoms with Crippen molar-refractivity contribution < 1.29 is 4.74 Å². The van der Waals surface area contributed by atoms with Gasteiger partial charge in [-0.25, -0.2) is 0 Å². The number of fused-ring (bicyclic) bond motifs is 1. The Morgan fingerprint density at radius 2 is 2.06 bits per heavy atom. The summed E-state index contributed by atoms with van der Waals surface area (Å²) < 4.78 is 6.04. The van der Waals surface area contributed by atoms with Crippen LogP contribution in [0.1, 0.15) is 43.7 Å². The first-order valence-electron chi connectivity index (χ1n) is 7.21. The van der Waals surface area contributed by atoms with Crippen LogP contribution in [0.5, 0.6) is 5.75 Å². The van der Waals surface area contributed by atoms with Gasteiger partial charge in [-0.2, -0.15) is 0 Å². The van der Waals surface area contributed by atoms with E-state index in [0.29, 0.717) is 5.41 Å². The van der Waals surface area contributed by atoms with E-state index in [4.69, 9.17) is 4.74 Å². The van der Waals surface area contributed by atoms with E-state index in [0.717, 1.165) is 31.9 Å². The van der Waals surface area contributed by atoms with Gasteiger partial charge in [0, 0.05) is 12.0 Å². The SMILES string of the molecule is CC1(COc2ccc3c(c2)CCNC3)CCCC1. The summed E-state index contributed by atoms with van der Waals surface area (Å²) in [6.45, 7) is 5.34. The molecule has 0 spiro atoms. The Kier molecular flexibility index (Phi) is 3.29. The molecule has 1 aliphatic heterocycles. The van der Waals surface area contributed by atoms with Gasteiger partial charge in [0.15, 0.2) is 0 Å². The second-order valence-corrected chi connectivity index (χ2v) is 6.16. The maximum atomic E-state index is 6.04. The highest BCUT2D eigenvalue weighted by Crippen LogP contribution is 2.38. The maximum Gasteiger partial charge on any atom is 0.119 e. The van der Waals surface area contributed by atoms with Gasteiger partial charge < -0.3 is 10.1 Å². The Labute approximate surface area is 110 Å². The minimum atomic E-state index is 0.414. The lowest BCUT2D eigenvalue weighted by Gasteiger charge is -2.24. The minimum Gasteiger partial charge on any atom is -0.493 e. The van der Waals surface area contributed by atoms with Gasteiger partial charge >= 0.3 is 0 Å². The lowest BCUT2D eigenvalue weighted by Crippen LogP contribution is -2.24. The molecule has 0 amide bonds. The van der Waals surface area contributed by atoms with Crippen molar-refractivity contribution in [2.24, 2.45) is 5.41 Å². The summed E-state index contributed by atoms with van der Waals surface area (Å²) >= 11 is 0. The Hall–Kier alpha value is -1.02. The number of ether oxygens (including phenoxy) is 1. The largest absolute Gasteiger partial charge is 0.493 e. The van der Waals surface area contributed by atoms with E-state index < -0.39 is 0 Å². The zero-order valence-electron chi connectivity index (χ0n) is 11.3. The molecule has 1 saturated carbocycles. The van der Waals surface area contributed by atoms with Gasteiger partial charge in [0.2, 0.25) is 0 Å². The smallest absolute Gasteiger partial charge is 0.119 e. The summed E-state index contributed by atoms with van der Waals surface area (Å²) in [4.78, 5) is 0. The Morgan fingerprint density at radius 1 is 1.22 bits per heavy atom. The molecular formula is C16H23NO. The van der Waals surface area contributed by atoms with Crippen LogP contribution >= 0.6 is 0 Å². The monoisotopic (exact) mass is 245 g/mol. The molecule has 0 radical (unpaired) electrons. The Bertz CT molecular complexity index is 421. The molecule has 1 aromatic rings. The van der Waals surface area contributed by atoms with Crippen molar-refractivity contribution in [2.45, 2.75) is 45.6 Å². The average Bonchev–Trinajstić information content (AvgIpc) is 2.84. The van der Waals surface area contributed by atoms with Crippen molar-refractivity contribution >= 4 is 0 Å². The van der Waals surface area contributed by atoms with Crippen LogP contribution in [0.2, 0.25) is 0 Å². The molecule has 2 nitrogen and oxygen atoms in total. The number of benzene rings is 1. The first-order chi connectivity index (χ1) is 8.75. The van der Waals surface area contributed by atoms with Crippen molar-refractivity contribution in [1.29, 1.82) is 0 Å². The fourth-order valence-electron chi connectivity index (χ4n) is 3.17. The van der Waals surface area contributed by atoms with E-state index in [1.807, 2.05) is 0 Å². The Morgan fingerprint density at radius 3 is 2.89 bits per heavy atom. The van der Waals surface area contributed by atoms with E-state index in [9.17, 15) is 0 Å². The molecule has 1 fully saturated rings. The van der Waals surface area contributed by atoms with E-state index >= 15 is 0 Å². The van der Waals surface area contributed by atoms with E-state index in [1.54, 1.807) is 0 Å². The van der Waals surface area contributed by atoms with Crippen LogP contribution < -0.4 is 10.1 Å². The summed E-state index contributed by atoms with van der Waals surface area (Å²) in [5.74, 6) is 1.06. The molecule has 2 aliphatic rings. The van der Waals surface area contributed by atoms with Crippen molar-refractivity contribution in [3.8, 4) is 5.75 Å². The number of nitrogens with one attached hydrogen (secondary N) is 1. The predicted octanol–water partition coefficient (Wildman–Crippen LogP) is 3.29. The van der Waals surface area contributed by atoms with Crippen LogP contribution in [0, 0.1) is 5.41 Å². The molecule has 1 aromatic carbocycles. The van der Waals surface area contributed by atoms with E-state index in [1.165, 1.54) is 36.8 Å². The predicted molar refractivity (Wildman–Crippen MR) is 73.9 cm³/mol. The maximum absolute atomic E-state index is 6.04. The fourth-order valence-corrected chi connectivity index (χ4v) is 3.17.